The number of nitrogen functional groups attached to an aromatic ring is 1. The zero-order valence-electron chi connectivity index (χ0n) is 10.1. The molecule has 1 aromatic carbocycles. The number of nitrogens with zero attached hydrogens (tertiary/aromatic N) is 2. The lowest BCUT2D eigenvalue weighted by Crippen LogP contribution is -2.16. The van der Waals surface area contributed by atoms with Crippen LogP contribution < -0.4 is 16.0 Å². The largest absolute Gasteiger partial charge is 0.292 e. The Balaban J connectivity index is 2.37. The Hall–Kier alpha value is -0.750. The van der Waals surface area contributed by atoms with Crippen LogP contribution in [0, 0.1) is 0 Å². The standard InChI is InChI=1S/C10H8Br3N5O2S/c11-5-1-7(12)9(8(13)2-5)18-21(19,20)6-3-15-10(17-14)16-4-6/h1-4,18H,14H2,(H,15,16,17). The minimum Gasteiger partial charge on any atom is -0.292 e. The summed E-state index contributed by atoms with van der Waals surface area (Å²) in [6, 6.07) is 3.45. The molecule has 0 saturated carbocycles. The minimum atomic E-state index is -3.82. The second-order valence-corrected chi connectivity index (χ2v) is 8.04. The molecular weight excluding hydrogens is 494 g/mol. The molecular formula is C10H8Br3N5O2S. The van der Waals surface area contributed by atoms with Crippen molar-refractivity contribution in [1.82, 2.24) is 9.97 Å². The number of hydrazine groups is 1. The maximum Gasteiger partial charge on any atom is 0.265 e. The van der Waals surface area contributed by atoms with Gasteiger partial charge in [-0.25, -0.2) is 24.2 Å². The van der Waals surface area contributed by atoms with E-state index in [0.717, 1.165) is 16.9 Å². The molecule has 11 heteroatoms. The highest BCUT2D eigenvalue weighted by Crippen LogP contribution is 2.35. The Morgan fingerprint density at radius 1 is 1.05 bits per heavy atom. The second kappa shape index (κ2) is 6.57. The van der Waals surface area contributed by atoms with Crippen molar-refractivity contribution in [3.8, 4) is 0 Å². The SMILES string of the molecule is NNc1ncc(S(=O)(=O)Nc2c(Br)cc(Br)cc2Br)cn1. The molecule has 0 fully saturated rings. The third kappa shape index (κ3) is 3.92. The van der Waals surface area contributed by atoms with Crippen LogP contribution in [0.15, 0.2) is 42.8 Å². The van der Waals surface area contributed by atoms with Crippen molar-refractivity contribution in [3.63, 3.8) is 0 Å². The van der Waals surface area contributed by atoms with Gasteiger partial charge >= 0.3 is 0 Å². The fraction of sp³-hybridized carbons (Fsp3) is 0. The summed E-state index contributed by atoms with van der Waals surface area (Å²) >= 11 is 9.91. The molecule has 21 heavy (non-hydrogen) atoms. The van der Waals surface area contributed by atoms with Crippen molar-refractivity contribution in [1.29, 1.82) is 0 Å². The summed E-state index contributed by atoms with van der Waals surface area (Å²) in [4.78, 5) is 7.45. The van der Waals surface area contributed by atoms with Gasteiger partial charge < -0.3 is 0 Å². The number of nitrogens with two attached hydrogens (primary N) is 1. The molecule has 0 spiro atoms. The maximum absolute atomic E-state index is 12.3. The average molecular weight is 502 g/mol. The number of aromatic nitrogens is 2. The Kier molecular flexibility index (Phi) is 5.20. The first-order valence-corrected chi connectivity index (χ1v) is 9.16. The molecule has 0 aliphatic rings. The normalized spacial score (nSPS) is 11.2. The molecule has 0 atom stereocenters. The third-order valence-corrected chi connectivity index (χ3v) is 5.32. The lowest BCUT2D eigenvalue weighted by Gasteiger charge is -2.12. The van der Waals surface area contributed by atoms with Crippen molar-refractivity contribution in [2.45, 2.75) is 4.90 Å². The molecule has 0 amide bonds. The van der Waals surface area contributed by atoms with E-state index >= 15 is 0 Å². The molecule has 2 rings (SSSR count). The molecule has 0 aliphatic heterocycles. The van der Waals surface area contributed by atoms with Gasteiger partial charge in [0.15, 0.2) is 0 Å². The fourth-order valence-corrected chi connectivity index (χ4v) is 5.07. The first-order valence-electron chi connectivity index (χ1n) is 5.29. The van der Waals surface area contributed by atoms with Crippen molar-refractivity contribution in [2.75, 3.05) is 10.1 Å². The van der Waals surface area contributed by atoms with Crippen molar-refractivity contribution >= 4 is 69.4 Å². The Bertz CT molecular complexity index is 744. The summed E-state index contributed by atoms with van der Waals surface area (Å²) in [6.07, 6.45) is 2.32. The van der Waals surface area contributed by atoms with Crippen molar-refractivity contribution < 1.29 is 8.42 Å². The summed E-state index contributed by atoms with van der Waals surface area (Å²) < 4.78 is 29.0. The van der Waals surface area contributed by atoms with Crippen LogP contribution in [0.5, 0.6) is 0 Å². The van der Waals surface area contributed by atoms with Gasteiger partial charge in [0.1, 0.15) is 4.90 Å². The summed E-state index contributed by atoms with van der Waals surface area (Å²) in [5.41, 5.74) is 2.60. The van der Waals surface area contributed by atoms with E-state index in [1.165, 1.54) is 0 Å². The fourth-order valence-electron chi connectivity index (χ4n) is 1.36. The van der Waals surface area contributed by atoms with Crippen LogP contribution in [0.3, 0.4) is 0 Å². The first kappa shape index (κ1) is 16.6. The van der Waals surface area contributed by atoms with E-state index in [1.807, 2.05) is 0 Å². The predicted molar refractivity (Wildman–Crippen MR) is 90.2 cm³/mol. The molecule has 2 aromatic rings. The highest BCUT2D eigenvalue weighted by atomic mass is 79.9. The van der Waals surface area contributed by atoms with Crippen LogP contribution >= 0.6 is 47.8 Å². The number of nitrogens with one attached hydrogen (secondary N) is 2. The van der Waals surface area contributed by atoms with Gasteiger partial charge in [-0.2, -0.15) is 0 Å². The molecule has 1 heterocycles. The van der Waals surface area contributed by atoms with Gasteiger partial charge in [-0.3, -0.25) is 10.1 Å². The molecule has 0 saturated heterocycles. The predicted octanol–water partition coefficient (Wildman–Crippen LogP) is 2.85. The number of rotatable bonds is 4. The summed E-state index contributed by atoms with van der Waals surface area (Å²) in [5, 5.41) is 0. The Morgan fingerprint density at radius 3 is 2.05 bits per heavy atom. The summed E-state index contributed by atoms with van der Waals surface area (Å²) in [6.45, 7) is 0. The van der Waals surface area contributed by atoms with E-state index in [9.17, 15) is 8.42 Å². The van der Waals surface area contributed by atoms with Crippen molar-refractivity contribution in [3.05, 3.63) is 37.9 Å². The van der Waals surface area contributed by atoms with E-state index < -0.39 is 10.0 Å². The highest BCUT2D eigenvalue weighted by molar-refractivity contribution is 9.11. The molecule has 0 bridgehead atoms. The van der Waals surface area contributed by atoms with Crippen molar-refractivity contribution in [2.24, 2.45) is 5.84 Å². The van der Waals surface area contributed by atoms with Crippen LogP contribution in [0.4, 0.5) is 11.6 Å². The number of sulfonamides is 1. The van der Waals surface area contributed by atoms with Gasteiger partial charge in [-0.1, -0.05) is 15.9 Å². The lowest BCUT2D eigenvalue weighted by atomic mass is 10.3. The van der Waals surface area contributed by atoms with Crippen LogP contribution in [0.2, 0.25) is 0 Å². The zero-order valence-corrected chi connectivity index (χ0v) is 15.7. The quantitative estimate of drug-likeness (QED) is 0.439. The van der Waals surface area contributed by atoms with Crippen LogP contribution in [-0.4, -0.2) is 18.4 Å². The molecule has 7 nitrogen and oxygen atoms in total. The molecule has 4 N–H and O–H groups in total. The van der Waals surface area contributed by atoms with E-state index in [2.05, 4.69) is 67.9 Å². The zero-order chi connectivity index (χ0) is 15.6. The van der Waals surface area contributed by atoms with E-state index in [1.54, 1.807) is 12.1 Å². The highest BCUT2D eigenvalue weighted by Gasteiger charge is 2.19. The average Bonchev–Trinajstić information content (AvgIpc) is 2.43. The number of hydrogen-bond donors (Lipinski definition) is 3. The Morgan fingerprint density at radius 2 is 1.57 bits per heavy atom. The van der Waals surface area contributed by atoms with Gasteiger partial charge in [-0.15, -0.1) is 0 Å². The topological polar surface area (TPSA) is 110 Å². The second-order valence-electron chi connectivity index (χ2n) is 3.74. The smallest absolute Gasteiger partial charge is 0.265 e. The number of hydrogen-bond acceptors (Lipinski definition) is 6. The van der Waals surface area contributed by atoms with E-state index in [-0.39, 0.29) is 10.8 Å². The van der Waals surface area contributed by atoms with Crippen LogP contribution in [0.1, 0.15) is 0 Å². The van der Waals surface area contributed by atoms with E-state index in [0.29, 0.717) is 14.6 Å². The molecule has 0 radical (unpaired) electrons. The van der Waals surface area contributed by atoms with Crippen LogP contribution in [0.25, 0.3) is 0 Å². The first-order chi connectivity index (χ1) is 9.83. The number of benzene rings is 1. The van der Waals surface area contributed by atoms with Gasteiger partial charge in [0, 0.05) is 13.4 Å². The van der Waals surface area contributed by atoms with Gasteiger partial charge in [-0.05, 0) is 44.0 Å². The van der Waals surface area contributed by atoms with Gasteiger partial charge in [0.25, 0.3) is 10.0 Å². The number of anilines is 2. The molecule has 1 aromatic heterocycles. The summed E-state index contributed by atoms with van der Waals surface area (Å²) in [5.74, 6) is 5.25. The molecule has 0 aliphatic carbocycles. The maximum atomic E-state index is 12.3. The molecule has 112 valence electrons. The summed E-state index contributed by atoms with van der Waals surface area (Å²) in [7, 11) is -3.82. The third-order valence-electron chi connectivity index (χ3n) is 2.31. The lowest BCUT2D eigenvalue weighted by molar-refractivity contribution is 0.600. The van der Waals surface area contributed by atoms with Crippen LogP contribution in [-0.2, 0) is 10.0 Å². The van der Waals surface area contributed by atoms with Gasteiger partial charge in [0.05, 0.1) is 18.1 Å². The monoisotopic (exact) mass is 499 g/mol. The minimum absolute atomic E-state index is 0.0804. The Labute approximate surface area is 146 Å². The number of halogens is 3. The molecule has 0 unspecified atom stereocenters. The van der Waals surface area contributed by atoms with E-state index in [4.69, 9.17) is 5.84 Å². The van der Waals surface area contributed by atoms with Gasteiger partial charge in [0.2, 0.25) is 5.95 Å².